The summed E-state index contributed by atoms with van der Waals surface area (Å²) < 4.78 is 6.79. The number of aromatic nitrogens is 1. The topological polar surface area (TPSA) is 60.3 Å². The Bertz CT molecular complexity index is 611. The number of amides is 1. The molecule has 5 nitrogen and oxygen atoms in total. The molecule has 24 heavy (non-hydrogen) atoms. The molecule has 6 heteroatoms. The first-order valence-corrected chi connectivity index (χ1v) is 8.40. The molecule has 1 N–H and O–H groups in total. The summed E-state index contributed by atoms with van der Waals surface area (Å²) in [6, 6.07) is 3.00. The molecule has 0 radical (unpaired) electrons. The maximum absolute atomic E-state index is 11.1. The highest BCUT2D eigenvalue weighted by molar-refractivity contribution is 7.95. The molecule has 0 bridgehead atoms. The second kappa shape index (κ2) is 12.2. The van der Waals surface area contributed by atoms with Crippen LogP contribution in [0.4, 0.5) is 5.69 Å². The standard InChI is InChI=1S/C8H10N2O2.C8H12OS.C2H4/c1-2-10-5-7(9-6-11)3-4-8(10)12;1-4-8-5-6(2)7(3)10-9-8;1-2/h3-6H,2H2,1H3,(H,9,11);4-7H,1H2,2-3H3;1-2H2. The van der Waals surface area contributed by atoms with Gasteiger partial charge >= 0.3 is 0 Å². The molecule has 1 aromatic heterocycles. The van der Waals surface area contributed by atoms with Crippen molar-refractivity contribution in [3.63, 3.8) is 0 Å². The van der Waals surface area contributed by atoms with E-state index >= 15 is 0 Å². The zero-order valence-electron chi connectivity index (χ0n) is 14.5. The Hall–Kier alpha value is -2.21. The van der Waals surface area contributed by atoms with Gasteiger partial charge in [0, 0.05) is 24.1 Å². The summed E-state index contributed by atoms with van der Waals surface area (Å²) in [4.78, 5) is 21.1. The van der Waals surface area contributed by atoms with Crippen LogP contribution in [-0.2, 0) is 15.5 Å². The van der Waals surface area contributed by atoms with E-state index in [1.165, 1.54) is 22.7 Å². The van der Waals surface area contributed by atoms with Gasteiger partial charge in [-0.2, -0.15) is 0 Å². The summed E-state index contributed by atoms with van der Waals surface area (Å²) in [5, 5.41) is 3.03. The maximum atomic E-state index is 11.1. The summed E-state index contributed by atoms with van der Waals surface area (Å²) >= 11 is 1.52. The number of carbonyl (C=O) groups excluding carboxylic acids is 1. The molecule has 0 spiro atoms. The molecule has 2 unspecified atom stereocenters. The van der Waals surface area contributed by atoms with Crippen LogP contribution < -0.4 is 10.9 Å². The van der Waals surface area contributed by atoms with Crippen molar-refractivity contribution in [1.29, 1.82) is 0 Å². The van der Waals surface area contributed by atoms with E-state index in [1.807, 2.05) is 6.92 Å². The normalized spacial score (nSPS) is 18.4. The van der Waals surface area contributed by atoms with Crippen LogP contribution in [0.25, 0.3) is 0 Å². The lowest BCUT2D eigenvalue weighted by Gasteiger charge is -2.21. The summed E-state index contributed by atoms with van der Waals surface area (Å²) in [6.45, 7) is 16.5. The van der Waals surface area contributed by atoms with Gasteiger partial charge in [-0.25, -0.2) is 0 Å². The van der Waals surface area contributed by atoms with Gasteiger partial charge in [-0.05, 0) is 38.0 Å². The largest absolute Gasteiger partial charge is 0.426 e. The van der Waals surface area contributed by atoms with E-state index in [1.54, 1.807) is 18.3 Å². The Morgan fingerprint density at radius 3 is 2.54 bits per heavy atom. The van der Waals surface area contributed by atoms with Gasteiger partial charge in [0.15, 0.2) is 0 Å². The molecular weight excluding hydrogens is 324 g/mol. The summed E-state index contributed by atoms with van der Waals surface area (Å²) in [5.74, 6) is 1.49. The van der Waals surface area contributed by atoms with Crippen LogP contribution in [0, 0.1) is 5.92 Å². The van der Waals surface area contributed by atoms with Crippen LogP contribution in [0.5, 0.6) is 0 Å². The molecule has 0 aromatic carbocycles. The molecule has 2 atom stereocenters. The highest BCUT2D eigenvalue weighted by Gasteiger charge is 2.17. The Balaban J connectivity index is 0.000000405. The first kappa shape index (κ1) is 21.8. The highest BCUT2D eigenvalue weighted by atomic mass is 32.2. The molecule has 1 amide bonds. The highest BCUT2D eigenvalue weighted by Crippen LogP contribution is 2.30. The quantitative estimate of drug-likeness (QED) is 0.506. The number of allylic oxidation sites excluding steroid dienone is 2. The maximum Gasteiger partial charge on any atom is 0.250 e. The molecule has 0 fully saturated rings. The predicted molar refractivity (Wildman–Crippen MR) is 103 cm³/mol. The van der Waals surface area contributed by atoms with Gasteiger partial charge < -0.3 is 14.1 Å². The van der Waals surface area contributed by atoms with Crippen molar-refractivity contribution in [3.05, 3.63) is 66.3 Å². The Morgan fingerprint density at radius 1 is 1.38 bits per heavy atom. The van der Waals surface area contributed by atoms with E-state index < -0.39 is 0 Å². The van der Waals surface area contributed by atoms with Crippen LogP contribution >= 0.6 is 12.0 Å². The SMILES string of the molecule is C=C.C=CC1=CC(C)C(C)SO1.CCn1cc(NC=O)ccc1=O. The average molecular weight is 350 g/mol. The zero-order chi connectivity index (χ0) is 18.5. The lowest BCUT2D eigenvalue weighted by molar-refractivity contribution is -0.105. The van der Waals surface area contributed by atoms with Gasteiger partial charge in [0.1, 0.15) is 5.76 Å². The molecule has 1 aromatic rings. The van der Waals surface area contributed by atoms with Crippen molar-refractivity contribution >= 4 is 24.1 Å². The number of pyridine rings is 1. The number of carbonyl (C=O) groups is 1. The van der Waals surface area contributed by atoms with Gasteiger partial charge in [-0.1, -0.05) is 13.5 Å². The average Bonchev–Trinajstić information content (AvgIpc) is 2.61. The van der Waals surface area contributed by atoms with Gasteiger partial charge in [0.2, 0.25) is 6.41 Å². The minimum Gasteiger partial charge on any atom is -0.426 e. The van der Waals surface area contributed by atoms with Crippen LogP contribution in [0.3, 0.4) is 0 Å². The van der Waals surface area contributed by atoms with Crippen molar-refractivity contribution in [2.75, 3.05) is 5.32 Å². The number of rotatable bonds is 4. The molecule has 2 heterocycles. The van der Waals surface area contributed by atoms with Gasteiger partial charge in [0.25, 0.3) is 5.56 Å². The van der Waals surface area contributed by atoms with Crippen molar-refractivity contribution in [2.24, 2.45) is 5.92 Å². The third kappa shape index (κ3) is 7.37. The van der Waals surface area contributed by atoms with Gasteiger partial charge in [0.05, 0.1) is 17.7 Å². The van der Waals surface area contributed by atoms with Crippen molar-refractivity contribution in [1.82, 2.24) is 4.57 Å². The van der Waals surface area contributed by atoms with Crippen LogP contribution in [-0.4, -0.2) is 16.2 Å². The fourth-order valence-electron chi connectivity index (χ4n) is 1.68. The predicted octanol–water partition coefficient (Wildman–Crippen LogP) is 4.00. The number of hydrogen-bond donors (Lipinski definition) is 1. The molecular formula is C18H26N2O3S. The van der Waals surface area contributed by atoms with Gasteiger partial charge in [-0.3, -0.25) is 9.59 Å². The minimum absolute atomic E-state index is 0.0612. The lowest BCUT2D eigenvalue weighted by atomic mass is 10.1. The zero-order valence-corrected chi connectivity index (χ0v) is 15.3. The first-order valence-electron chi connectivity index (χ1n) is 7.60. The molecule has 0 saturated carbocycles. The Kier molecular flexibility index (Phi) is 11.1. The fraction of sp³-hybridized carbons (Fsp3) is 0.333. The van der Waals surface area contributed by atoms with Crippen LogP contribution in [0.1, 0.15) is 20.8 Å². The van der Waals surface area contributed by atoms with Crippen molar-refractivity contribution < 1.29 is 8.98 Å². The van der Waals surface area contributed by atoms with E-state index in [9.17, 15) is 9.59 Å². The Morgan fingerprint density at radius 2 is 2.04 bits per heavy atom. The van der Waals surface area contributed by atoms with E-state index in [4.69, 9.17) is 4.18 Å². The van der Waals surface area contributed by atoms with Crippen LogP contribution in [0.2, 0.25) is 0 Å². The third-order valence-corrected chi connectivity index (χ3v) is 4.24. The molecule has 1 aliphatic heterocycles. The Labute approximate surface area is 148 Å². The van der Waals surface area contributed by atoms with Crippen LogP contribution in [0.15, 0.2) is 60.8 Å². The van der Waals surface area contributed by atoms with Crippen molar-refractivity contribution in [3.8, 4) is 0 Å². The minimum atomic E-state index is -0.0612. The smallest absolute Gasteiger partial charge is 0.250 e. The van der Waals surface area contributed by atoms with E-state index in [2.05, 4.69) is 45.0 Å². The monoisotopic (exact) mass is 350 g/mol. The number of hydrogen-bond acceptors (Lipinski definition) is 4. The number of aryl methyl sites for hydroxylation is 1. The lowest BCUT2D eigenvalue weighted by Crippen LogP contribution is -2.17. The molecule has 0 saturated heterocycles. The van der Waals surface area contributed by atoms with E-state index in [0.29, 0.717) is 29.8 Å². The van der Waals surface area contributed by atoms with E-state index in [-0.39, 0.29) is 5.56 Å². The summed E-state index contributed by atoms with van der Waals surface area (Å²) in [5.41, 5.74) is 0.570. The second-order valence-corrected chi connectivity index (χ2v) is 5.92. The summed E-state index contributed by atoms with van der Waals surface area (Å²) in [6.07, 6.45) is 6.04. The number of anilines is 1. The summed E-state index contributed by atoms with van der Waals surface area (Å²) in [7, 11) is 0. The first-order chi connectivity index (χ1) is 11.5. The molecule has 1 aliphatic rings. The fourth-order valence-corrected chi connectivity index (χ4v) is 2.32. The van der Waals surface area contributed by atoms with Gasteiger partial charge in [-0.15, -0.1) is 13.2 Å². The number of nitrogens with zero attached hydrogens (tertiary/aromatic N) is 1. The van der Waals surface area contributed by atoms with Crippen molar-refractivity contribution in [2.45, 2.75) is 32.6 Å². The molecule has 0 aliphatic carbocycles. The second-order valence-electron chi connectivity index (χ2n) is 4.82. The number of nitrogens with one attached hydrogen (secondary N) is 1. The van der Waals surface area contributed by atoms with E-state index in [0.717, 1.165) is 5.76 Å². The third-order valence-electron chi connectivity index (χ3n) is 3.21. The molecule has 2 rings (SSSR count). The molecule has 132 valence electrons.